The Bertz CT molecular complexity index is 380. The van der Waals surface area contributed by atoms with Crippen LogP contribution in [0.3, 0.4) is 0 Å². The Morgan fingerprint density at radius 1 is 1.25 bits per heavy atom. The van der Waals surface area contributed by atoms with Gasteiger partial charge in [0.05, 0.1) is 0 Å². The number of carbonyl (C=O) groups is 1. The predicted molar refractivity (Wildman–Crippen MR) is 62.6 cm³/mol. The maximum atomic E-state index is 11.9. The summed E-state index contributed by atoms with van der Waals surface area (Å²) in [4.78, 5) is 16.1. The lowest BCUT2D eigenvalue weighted by atomic mass is 9.96. The molecule has 0 aliphatic carbocycles. The molecule has 90 valence electrons. The smallest absolute Gasteiger partial charge is 0.420 e. The molecule has 0 saturated carbocycles. The lowest BCUT2D eigenvalue weighted by molar-refractivity contribution is 0.0526. The molecule has 0 spiro atoms. The van der Waals surface area contributed by atoms with Crippen molar-refractivity contribution in [1.82, 2.24) is 9.55 Å². The Hall–Kier alpha value is -1.32. The molecule has 4 heteroatoms. The first-order valence-electron chi connectivity index (χ1n) is 5.38. The van der Waals surface area contributed by atoms with E-state index in [2.05, 4.69) is 4.98 Å². The minimum atomic E-state index is -0.490. The van der Waals surface area contributed by atoms with Crippen LogP contribution >= 0.6 is 0 Å². The van der Waals surface area contributed by atoms with Gasteiger partial charge in [0.1, 0.15) is 11.4 Å². The number of hydrogen-bond donors (Lipinski definition) is 0. The lowest BCUT2D eigenvalue weighted by Gasteiger charge is -2.23. The summed E-state index contributed by atoms with van der Waals surface area (Å²) in [6, 6.07) is 0. The number of carbonyl (C=O) groups excluding carboxylic acids is 1. The molecule has 0 aromatic carbocycles. The highest BCUT2D eigenvalue weighted by molar-refractivity contribution is 5.71. The van der Waals surface area contributed by atoms with E-state index in [1.165, 1.54) is 4.57 Å². The third-order valence-corrected chi connectivity index (χ3v) is 1.90. The van der Waals surface area contributed by atoms with E-state index in [1.807, 2.05) is 41.5 Å². The van der Waals surface area contributed by atoms with Crippen LogP contribution in [-0.4, -0.2) is 21.2 Å². The molecule has 4 nitrogen and oxygen atoms in total. The molecule has 0 unspecified atom stereocenters. The van der Waals surface area contributed by atoms with E-state index >= 15 is 0 Å². The van der Waals surface area contributed by atoms with Gasteiger partial charge in [-0.15, -0.1) is 0 Å². The molecule has 0 saturated heterocycles. The fourth-order valence-electron chi connectivity index (χ4n) is 1.32. The molecule has 0 aliphatic rings. The molecule has 0 fully saturated rings. The zero-order chi connectivity index (χ0) is 12.6. The molecule has 0 N–H and O–H groups in total. The van der Waals surface area contributed by atoms with Crippen molar-refractivity contribution in [3.63, 3.8) is 0 Å². The standard InChI is InChI=1S/C12H20N2O2/c1-11(2,3)9-13-7-8-14(9)10(15)16-12(4,5)6/h7-8H,1-6H3. The predicted octanol–water partition coefficient (Wildman–Crippen LogP) is 2.96. The van der Waals surface area contributed by atoms with E-state index in [1.54, 1.807) is 12.4 Å². The van der Waals surface area contributed by atoms with Crippen LogP contribution in [0.4, 0.5) is 4.79 Å². The van der Waals surface area contributed by atoms with Crippen LogP contribution in [0.1, 0.15) is 47.4 Å². The number of hydrogen-bond acceptors (Lipinski definition) is 3. The van der Waals surface area contributed by atoms with Crippen LogP contribution in [0.5, 0.6) is 0 Å². The zero-order valence-electron chi connectivity index (χ0n) is 10.9. The molecule has 1 rings (SSSR count). The van der Waals surface area contributed by atoms with Crippen LogP contribution in [-0.2, 0) is 10.2 Å². The second-order valence-corrected chi connectivity index (χ2v) is 5.85. The van der Waals surface area contributed by atoms with Crippen LogP contribution in [0.25, 0.3) is 0 Å². The number of ether oxygens (including phenoxy) is 1. The number of nitrogens with zero attached hydrogens (tertiary/aromatic N) is 2. The summed E-state index contributed by atoms with van der Waals surface area (Å²) in [5.74, 6) is 0.710. The lowest BCUT2D eigenvalue weighted by Crippen LogP contribution is -2.30. The van der Waals surface area contributed by atoms with Crippen molar-refractivity contribution in [3.8, 4) is 0 Å². The maximum absolute atomic E-state index is 11.9. The van der Waals surface area contributed by atoms with Crippen molar-refractivity contribution in [3.05, 3.63) is 18.2 Å². The van der Waals surface area contributed by atoms with Crippen molar-refractivity contribution in [2.45, 2.75) is 52.6 Å². The van der Waals surface area contributed by atoms with Crippen LogP contribution in [0.15, 0.2) is 12.4 Å². The van der Waals surface area contributed by atoms with E-state index in [0.717, 1.165) is 0 Å². The van der Waals surface area contributed by atoms with Crippen LogP contribution in [0, 0.1) is 0 Å². The number of aromatic nitrogens is 2. The summed E-state index contributed by atoms with van der Waals surface area (Å²) in [7, 11) is 0. The Labute approximate surface area is 96.6 Å². The molecular weight excluding hydrogens is 204 g/mol. The van der Waals surface area contributed by atoms with Crippen LogP contribution < -0.4 is 0 Å². The summed E-state index contributed by atoms with van der Waals surface area (Å²) in [5, 5.41) is 0. The monoisotopic (exact) mass is 224 g/mol. The molecule has 0 bridgehead atoms. The van der Waals surface area contributed by atoms with Gasteiger partial charge in [-0.25, -0.2) is 14.3 Å². The second kappa shape index (κ2) is 3.92. The van der Waals surface area contributed by atoms with Gasteiger partial charge in [-0.2, -0.15) is 0 Å². The first kappa shape index (κ1) is 12.7. The normalized spacial score (nSPS) is 12.6. The Morgan fingerprint density at radius 3 is 2.25 bits per heavy atom. The van der Waals surface area contributed by atoms with Gasteiger partial charge in [-0.3, -0.25) is 0 Å². The summed E-state index contributed by atoms with van der Waals surface area (Å²) in [6.07, 6.45) is 2.87. The van der Waals surface area contributed by atoms with Gasteiger partial charge in [0.2, 0.25) is 0 Å². The first-order chi connectivity index (χ1) is 7.11. The molecule has 1 heterocycles. The molecule has 1 aromatic rings. The second-order valence-electron chi connectivity index (χ2n) is 5.85. The van der Waals surface area contributed by atoms with Gasteiger partial charge in [-0.1, -0.05) is 20.8 Å². The quantitative estimate of drug-likeness (QED) is 0.680. The summed E-state index contributed by atoms with van der Waals surface area (Å²) < 4.78 is 6.77. The number of imidazole rings is 1. The van der Waals surface area contributed by atoms with Crippen molar-refractivity contribution in [1.29, 1.82) is 0 Å². The molecule has 0 amide bonds. The molecule has 0 aliphatic heterocycles. The molecule has 1 aromatic heterocycles. The van der Waals surface area contributed by atoms with Gasteiger partial charge >= 0.3 is 6.09 Å². The third-order valence-electron chi connectivity index (χ3n) is 1.90. The summed E-state index contributed by atoms with van der Waals surface area (Å²) in [6.45, 7) is 11.6. The van der Waals surface area contributed by atoms with E-state index in [4.69, 9.17) is 4.74 Å². The van der Waals surface area contributed by atoms with Gasteiger partial charge < -0.3 is 4.74 Å². The molecular formula is C12H20N2O2. The van der Waals surface area contributed by atoms with Crippen molar-refractivity contribution in [2.75, 3.05) is 0 Å². The van der Waals surface area contributed by atoms with Gasteiger partial charge in [-0.05, 0) is 20.8 Å². The average Bonchev–Trinajstić information content (AvgIpc) is 2.45. The zero-order valence-corrected chi connectivity index (χ0v) is 10.9. The topological polar surface area (TPSA) is 44.1 Å². The summed E-state index contributed by atoms with van der Waals surface area (Å²) in [5.41, 5.74) is -0.670. The van der Waals surface area contributed by atoms with Crippen molar-refractivity contribution >= 4 is 6.09 Å². The third kappa shape index (κ3) is 3.08. The largest absolute Gasteiger partial charge is 0.443 e. The fourth-order valence-corrected chi connectivity index (χ4v) is 1.32. The highest BCUT2D eigenvalue weighted by Gasteiger charge is 2.25. The molecule has 0 atom stereocenters. The maximum Gasteiger partial charge on any atom is 0.420 e. The van der Waals surface area contributed by atoms with Crippen molar-refractivity contribution in [2.24, 2.45) is 0 Å². The minimum absolute atomic E-state index is 0.180. The van der Waals surface area contributed by atoms with Crippen molar-refractivity contribution < 1.29 is 9.53 Å². The van der Waals surface area contributed by atoms with Crippen LogP contribution in [0.2, 0.25) is 0 Å². The van der Waals surface area contributed by atoms with Gasteiger partial charge in [0, 0.05) is 17.8 Å². The average molecular weight is 224 g/mol. The van der Waals surface area contributed by atoms with Gasteiger partial charge in [0.15, 0.2) is 0 Å². The number of rotatable bonds is 0. The highest BCUT2D eigenvalue weighted by atomic mass is 16.6. The minimum Gasteiger partial charge on any atom is -0.443 e. The highest BCUT2D eigenvalue weighted by Crippen LogP contribution is 2.21. The summed E-state index contributed by atoms with van der Waals surface area (Å²) >= 11 is 0. The Kier molecular flexibility index (Phi) is 3.13. The Balaban J connectivity index is 2.98. The van der Waals surface area contributed by atoms with E-state index < -0.39 is 5.60 Å². The van der Waals surface area contributed by atoms with E-state index in [0.29, 0.717) is 5.82 Å². The molecule has 16 heavy (non-hydrogen) atoms. The Morgan fingerprint density at radius 2 is 1.81 bits per heavy atom. The molecule has 0 radical (unpaired) electrons. The first-order valence-corrected chi connectivity index (χ1v) is 5.38. The van der Waals surface area contributed by atoms with E-state index in [9.17, 15) is 4.79 Å². The fraction of sp³-hybridized carbons (Fsp3) is 0.667. The van der Waals surface area contributed by atoms with E-state index in [-0.39, 0.29) is 11.5 Å². The van der Waals surface area contributed by atoms with Gasteiger partial charge in [0.25, 0.3) is 0 Å². The SMILES string of the molecule is CC(C)(C)OC(=O)n1ccnc1C(C)(C)C.